The van der Waals surface area contributed by atoms with Crippen molar-refractivity contribution >= 4 is 0 Å². The Kier molecular flexibility index (Phi) is 3.49. The van der Waals surface area contributed by atoms with Gasteiger partial charge in [0.2, 0.25) is 11.5 Å². The van der Waals surface area contributed by atoms with E-state index in [1.807, 2.05) is 0 Å². The predicted molar refractivity (Wildman–Crippen MR) is 52.8 cm³/mol. The van der Waals surface area contributed by atoms with Crippen molar-refractivity contribution in [2.24, 2.45) is 0 Å². The molecule has 0 saturated carbocycles. The topological polar surface area (TPSA) is 56.8 Å². The summed E-state index contributed by atoms with van der Waals surface area (Å²) in [6.07, 6.45) is 0. The maximum absolute atomic E-state index is 11.8. The largest absolute Gasteiger partial charge is 0.493 e. The van der Waals surface area contributed by atoms with Crippen LogP contribution >= 0.6 is 0 Å². The van der Waals surface area contributed by atoms with E-state index in [0.29, 0.717) is 11.5 Å². The second kappa shape index (κ2) is 4.63. The van der Waals surface area contributed by atoms with Crippen LogP contribution in [0.3, 0.4) is 0 Å². The molecule has 0 aliphatic carbocycles. The average Bonchev–Trinajstić information content (AvgIpc) is 2.27. The monoisotopic (exact) mass is 213 g/mol. The molecule has 0 aliphatic heterocycles. The van der Waals surface area contributed by atoms with Crippen LogP contribution in [0.25, 0.3) is 0 Å². The van der Waals surface area contributed by atoms with E-state index in [1.54, 1.807) is 6.07 Å². The summed E-state index contributed by atoms with van der Waals surface area (Å²) in [4.78, 5) is 0. The minimum absolute atomic E-state index is 0.107. The molecule has 0 fully saturated rings. The van der Waals surface area contributed by atoms with Gasteiger partial charge in [-0.1, -0.05) is 0 Å². The number of hydrogen-bond donors (Lipinski definition) is 0. The van der Waals surface area contributed by atoms with Crippen molar-refractivity contribution in [2.45, 2.75) is 0 Å². The van der Waals surface area contributed by atoms with Gasteiger partial charge < -0.3 is 18.9 Å². The summed E-state index contributed by atoms with van der Waals surface area (Å²) in [5.74, 6) is 0.460. The fraction of sp³-hybridized carbons (Fsp3) is 0.400. The lowest BCUT2D eigenvalue weighted by atomic mass is 10.2. The molecule has 0 heterocycles. The third-order valence-electron chi connectivity index (χ3n) is 1.97. The summed E-state index contributed by atoms with van der Waals surface area (Å²) in [6, 6.07) is 1.54. The molecule has 0 bridgehead atoms. The van der Waals surface area contributed by atoms with Crippen LogP contribution in [0.4, 0.5) is 0 Å². The first kappa shape index (κ1) is 11.3. The Labute approximate surface area is 88.1 Å². The highest BCUT2D eigenvalue weighted by Gasteiger charge is 2.22. The van der Waals surface area contributed by atoms with Crippen LogP contribution in [0.1, 0.15) is 0 Å². The van der Waals surface area contributed by atoms with E-state index in [1.165, 1.54) is 28.4 Å². The molecule has 1 aromatic carbocycles. The minimum Gasteiger partial charge on any atom is -0.493 e. The van der Waals surface area contributed by atoms with Crippen molar-refractivity contribution in [3.05, 3.63) is 6.07 Å². The summed E-state index contributed by atoms with van der Waals surface area (Å²) in [5, 5.41) is 11.8. The SMILES string of the molecule is COc1cc(OC)c(OC)c([O])c1OC. The molecule has 0 unspecified atom stereocenters. The van der Waals surface area contributed by atoms with Crippen molar-refractivity contribution in [3.63, 3.8) is 0 Å². The fourth-order valence-electron chi connectivity index (χ4n) is 1.27. The molecule has 83 valence electrons. The first-order valence-corrected chi connectivity index (χ1v) is 4.23. The van der Waals surface area contributed by atoms with Gasteiger partial charge in [0.25, 0.3) is 5.75 Å². The third-order valence-corrected chi connectivity index (χ3v) is 1.97. The maximum atomic E-state index is 11.8. The highest BCUT2D eigenvalue weighted by Crippen LogP contribution is 2.49. The van der Waals surface area contributed by atoms with Crippen LogP contribution in [0.15, 0.2) is 6.07 Å². The van der Waals surface area contributed by atoms with Gasteiger partial charge in [-0.3, -0.25) is 5.11 Å². The Morgan fingerprint density at radius 1 is 0.800 bits per heavy atom. The summed E-state index contributed by atoms with van der Waals surface area (Å²) in [5.41, 5.74) is 0. The van der Waals surface area contributed by atoms with E-state index in [4.69, 9.17) is 18.9 Å². The van der Waals surface area contributed by atoms with Gasteiger partial charge >= 0.3 is 0 Å². The molecule has 5 heteroatoms. The van der Waals surface area contributed by atoms with Gasteiger partial charge in [-0.2, -0.15) is 0 Å². The summed E-state index contributed by atoms with van der Waals surface area (Å²) < 4.78 is 19.9. The Morgan fingerprint density at radius 3 is 1.47 bits per heavy atom. The van der Waals surface area contributed by atoms with Gasteiger partial charge in [0.05, 0.1) is 28.4 Å². The second-order valence-corrected chi connectivity index (χ2v) is 2.68. The van der Waals surface area contributed by atoms with Crippen molar-refractivity contribution in [1.29, 1.82) is 0 Å². The lowest BCUT2D eigenvalue weighted by Crippen LogP contribution is -1.96. The van der Waals surface area contributed by atoms with Gasteiger partial charge in [0.15, 0.2) is 11.5 Å². The quantitative estimate of drug-likeness (QED) is 0.766. The van der Waals surface area contributed by atoms with Crippen LogP contribution in [-0.2, 0) is 5.11 Å². The number of ether oxygens (including phenoxy) is 4. The Bertz CT molecular complexity index is 318. The number of methoxy groups -OCH3 is 4. The maximum Gasteiger partial charge on any atom is 0.269 e. The first-order chi connectivity index (χ1) is 7.19. The second-order valence-electron chi connectivity index (χ2n) is 2.68. The van der Waals surface area contributed by atoms with Crippen molar-refractivity contribution in [1.82, 2.24) is 0 Å². The molecule has 0 spiro atoms. The van der Waals surface area contributed by atoms with E-state index in [2.05, 4.69) is 0 Å². The van der Waals surface area contributed by atoms with Gasteiger partial charge in [-0.05, 0) is 0 Å². The van der Waals surface area contributed by atoms with E-state index >= 15 is 0 Å². The normalized spacial score (nSPS) is 9.60. The lowest BCUT2D eigenvalue weighted by Gasteiger charge is -2.13. The average molecular weight is 213 g/mol. The number of hydrogen-bond acceptors (Lipinski definition) is 4. The number of benzene rings is 1. The standard InChI is InChI=1S/C10H13O5/c1-12-6-5-7(13-2)10(15-4)8(11)9(6)14-3/h5H,1-4H3. The van der Waals surface area contributed by atoms with Crippen LogP contribution in [-0.4, -0.2) is 28.4 Å². The van der Waals surface area contributed by atoms with Crippen LogP contribution < -0.4 is 18.9 Å². The van der Waals surface area contributed by atoms with Crippen LogP contribution in [0.5, 0.6) is 28.7 Å². The molecule has 15 heavy (non-hydrogen) atoms. The zero-order valence-corrected chi connectivity index (χ0v) is 9.12. The molecule has 0 aliphatic rings. The first-order valence-electron chi connectivity index (χ1n) is 4.23. The summed E-state index contributed by atoms with van der Waals surface area (Å²) in [6.45, 7) is 0. The molecule has 1 rings (SSSR count). The summed E-state index contributed by atoms with van der Waals surface area (Å²) >= 11 is 0. The van der Waals surface area contributed by atoms with E-state index in [-0.39, 0.29) is 11.5 Å². The molecule has 0 atom stereocenters. The van der Waals surface area contributed by atoms with E-state index in [9.17, 15) is 5.11 Å². The zero-order valence-electron chi connectivity index (χ0n) is 9.12. The molecule has 0 aromatic heterocycles. The zero-order chi connectivity index (χ0) is 11.4. The molecular formula is C10H13O5. The van der Waals surface area contributed by atoms with Crippen LogP contribution in [0.2, 0.25) is 0 Å². The van der Waals surface area contributed by atoms with Gasteiger partial charge in [0, 0.05) is 6.07 Å². The van der Waals surface area contributed by atoms with Gasteiger partial charge in [-0.15, -0.1) is 0 Å². The minimum atomic E-state index is -0.392. The Balaban J connectivity index is 3.41. The third kappa shape index (κ3) is 1.86. The number of rotatable bonds is 4. The van der Waals surface area contributed by atoms with Crippen molar-refractivity contribution in [3.8, 4) is 28.7 Å². The van der Waals surface area contributed by atoms with Gasteiger partial charge in [-0.25, -0.2) is 0 Å². The highest BCUT2D eigenvalue weighted by molar-refractivity contribution is 5.64. The van der Waals surface area contributed by atoms with E-state index < -0.39 is 5.75 Å². The Morgan fingerprint density at radius 2 is 1.20 bits per heavy atom. The van der Waals surface area contributed by atoms with Crippen LogP contribution in [0, 0.1) is 0 Å². The van der Waals surface area contributed by atoms with Crippen molar-refractivity contribution in [2.75, 3.05) is 28.4 Å². The van der Waals surface area contributed by atoms with Crippen molar-refractivity contribution < 1.29 is 24.1 Å². The molecule has 0 N–H and O–H groups in total. The molecule has 5 nitrogen and oxygen atoms in total. The van der Waals surface area contributed by atoms with E-state index in [0.717, 1.165) is 0 Å². The molecular weight excluding hydrogens is 200 g/mol. The van der Waals surface area contributed by atoms with Gasteiger partial charge in [0.1, 0.15) is 0 Å². The highest BCUT2D eigenvalue weighted by atomic mass is 16.5. The summed E-state index contributed by atoms with van der Waals surface area (Å²) in [7, 11) is 5.68. The lowest BCUT2D eigenvalue weighted by molar-refractivity contribution is 0.266. The predicted octanol–water partition coefficient (Wildman–Crippen LogP) is 1.86. The molecule has 0 amide bonds. The molecule has 0 saturated heterocycles. The smallest absolute Gasteiger partial charge is 0.269 e. The molecule has 1 radical (unpaired) electrons. The molecule has 1 aromatic rings. The fourth-order valence-corrected chi connectivity index (χ4v) is 1.27. The Hall–Kier alpha value is -1.78.